The Labute approximate surface area is 164 Å². The molecule has 2 aromatic carbocycles. The van der Waals surface area contributed by atoms with Gasteiger partial charge in [0.15, 0.2) is 0 Å². The fourth-order valence-electron chi connectivity index (χ4n) is 3.56. The van der Waals surface area contributed by atoms with Gasteiger partial charge in [0.25, 0.3) is 5.69 Å². The molecular formula is C22H25N3O3. The second-order valence-electron chi connectivity index (χ2n) is 7.48. The summed E-state index contributed by atoms with van der Waals surface area (Å²) in [6.07, 6.45) is 2.13. The first kappa shape index (κ1) is 19.6. The van der Waals surface area contributed by atoms with Crippen molar-refractivity contribution < 1.29 is 9.72 Å². The van der Waals surface area contributed by atoms with Gasteiger partial charge in [0, 0.05) is 54.7 Å². The van der Waals surface area contributed by atoms with Crippen LogP contribution in [0.2, 0.25) is 0 Å². The largest absolute Gasteiger partial charge is 0.356 e. The molecule has 0 bridgehead atoms. The molecule has 1 aromatic heterocycles. The quantitative estimate of drug-likeness (QED) is 0.489. The maximum absolute atomic E-state index is 12.6. The monoisotopic (exact) mass is 379 g/mol. The molecule has 1 heterocycles. The molecule has 146 valence electrons. The second kappa shape index (κ2) is 8.25. The SMILES string of the molecule is CC(C)CNC(=O)C[C@@H](c1ccccc1[N+](=O)[O-])c1cn(C)c2ccccc12. The van der Waals surface area contributed by atoms with Crippen LogP contribution >= 0.6 is 0 Å². The molecule has 0 fully saturated rings. The lowest BCUT2D eigenvalue weighted by molar-refractivity contribution is -0.385. The molecule has 0 saturated heterocycles. The third-order valence-corrected chi connectivity index (χ3v) is 4.91. The summed E-state index contributed by atoms with van der Waals surface area (Å²) in [5.41, 5.74) is 2.55. The van der Waals surface area contributed by atoms with Gasteiger partial charge in [-0.1, -0.05) is 50.2 Å². The maximum atomic E-state index is 12.6. The van der Waals surface area contributed by atoms with Crippen LogP contribution in [0.3, 0.4) is 0 Å². The first-order valence-corrected chi connectivity index (χ1v) is 9.42. The first-order chi connectivity index (χ1) is 13.4. The van der Waals surface area contributed by atoms with E-state index in [1.54, 1.807) is 18.2 Å². The molecule has 3 aromatic rings. The lowest BCUT2D eigenvalue weighted by Crippen LogP contribution is -2.28. The number of fused-ring (bicyclic) bond motifs is 1. The Balaban J connectivity index is 2.10. The van der Waals surface area contributed by atoms with Crippen LogP contribution < -0.4 is 5.32 Å². The minimum absolute atomic E-state index is 0.0390. The normalized spacial score (nSPS) is 12.3. The maximum Gasteiger partial charge on any atom is 0.273 e. The number of hydrogen-bond donors (Lipinski definition) is 1. The zero-order chi connectivity index (χ0) is 20.3. The highest BCUT2D eigenvalue weighted by Crippen LogP contribution is 2.38. The zero-order valence-corrected chi connectivity index (χ0v) is 16.4. The minimum atomic E-state index is -0.403. The molecule has 1 N–H and O–H groups in total. The summed E-state index contributed by atoms with van der Waals surface area (Å²) in [6, 6.07) is 14.6. The molecule has 6 heteroatoms. The van der Waals surface area contributed by atoms with E-state index < -0.39 is 5.92 Å². The summed E-state index contributed by atoms with van der Waals surface area (Å²) in [5, 5.41) is 15.6. The summed E-state index contributed by atoms with van der Waals surface area (Å²) in [5.74, 6) is -0.171. The van der Waals surface area contributed by atoms with Gasteiger partial charge >= 0.3 is 0 Å². The Morgan fingerprint density at radius 3 is 2.50 bits per heavy atom. The van der Waals surface area contributed by atoms with E-state index in [-0.39, 0.29) is 22.9 Å². The fraction of sp³-hybridized carbons (Fsp3) is 0.318. The highest BCUT2D eigenvalue weighted by Gasteiger charge is 2.28. The summed E-state index contributed by atoms with van der Waals surface area (Å²) in [4.78, 5) is 23.9. The predicted molar refractivity (Wildman–Crippen MR) is 110 cm³/mol. The van der Waals surface area contributed by atoms with Crippen LogP contribution in [0.15, 0.2) is 54.7 Å². The molecule has 0 unspecified atom stereocenters. The lowest BCUT2D eigenvalue weighted by Gasteiger charge is -2.18. The van der Waals surface area contributed by atoms with Gasteiger partial charge in [0.05, 0.1) is 4.92 Å². The number of nitro benzene ring substituents is 1. The zero-order valence-electron chi connectivity index (χ0n) is 16.4. The third kappa shape index (κ3) is 4.06. The number of hydrogen-bond acceptors (Lipinski definition) is 3. The Bertz CT molecular complexity index is 1010. The highest BCUT2D eigenvalue weighted by atomic mass is 16.6. The summed E-state index contributed by atoms with van der Waals surface area (Å²) in [7, 11) is 1.95. The molecule has 0 aliphatic rings. The number of aryl methyl sites for hydroxylation is 1. The Hall–Kier alpha value is -3.15. The molecule has 0 aliphatic heterocycles. The molecule has 0 radical (unpaired) electrons. The molecule has 1 atom stereocenters. The van der Waals surface area contributed by atoms with Crippen LogP contribution in [0.5, 0.6) is 0 Å². The van der Waals surface area contributed by atoms with Gasteiger partial charge in [-0.3, -0.25) is 14.9 Å². The van der Waals surface area contributed by atoms with E-state index in [2.05, 4.69) is 5.32 Å². The number of nitrogens with one attached hydrogen (secondary N) is 1. The minimum Gasteiger partial charge on any atom is -0.356 e. The van der Waals surface area contributed by atoms with E-state index in [0.717, 1.165) is 16.5 Å². The lowest BCUT2D eigenvalue weighted by atomic mass is 9.87. The Kier molecular flexibility index (Phi) is 5.78. The number of carbonyl (C=O) groups excluding carboxylic acids is 1. The van der Waals surface area contributed by atoms with Crippen LogP contribution in [0.4, 0.5) is 5.69 Å². The van der Waals surface area contributed by atoms with Gasteiger partial charge in [-0.25, -0.2) is 0 Å². The van der Waals surface area contributed by atoms with E-state index in [1.807, 2.05) is 55.9 Å². The van der Waals surface area contributed by atoms with Crippen LogP contribution in [0, 0.1) is 16.0 Å². The van der Waals surface area contributed by atoms with Crippen LogP contribution in [0.25, 0.3) is 10.9 Å². The molecule has 28 heavy (non-hydrogen) atoms. The topological polar surface area (TPSA) is 77.2 Å². The average molecular weight is 379 g/mol. The van der Waals surface area contributed by atoms with E-state index in [0.29, 0.717) is 18.0 Å². The summed E-state index contributed by atoms with van der Waals surface area (Å²) >= 11 is 0. The van der Waals surface area contributed by atoms with Crippen LogP contribution in [-0.2, 0) is 11.8 Å². The van der Waals surface area contributed by atoms with Crippen molar-refractivity contribution in [3.63, 3.8) is 0 Å². The van der Waals surface area contributed by atoms with Crippen LogP contribution in [-0.4, -0.2) is 21.9 Å². The summed E-state index contributed by atoms with van der Waals surface area (Å²) < 4.78 is 2.00. The van der Waals surface area contributed by atoms with Crippen molar-refractivity contribution in [3.05, 3.63) is 76.0 Å². The van der Waals surface area contributed by atoms with E-state index in [9.17, 15) is 14.9 Å². The van der Waals surface area contributed by atoms with Gasteiger partial charge in [-0.2, -0.15) is 0 Å². The molecule has 1 amide bonds. The molecule has 0 aliphatic carbocycles. The van der Waals surface area contributed by atoms with Crippen molar-refractivity contribution in [1.82, 2.24) is 9.88 Å². The first-order valence-electron chi connectivity index (χ1n) is 9.42. The smallest absolute Gasteiger partial charge is 0.273 e. The number of aromatic nitrogens is 1. The Morgan fingerprint density at radius 1 is 1.11 bits per heavy atom. The molecule has 0 spiro atoms. The van der Waals surface area contributed by atoms with Crippen molar-refractivity contribution in [1.29, 1.82) is 0 Å². The second-order valence-corrected chi connectivity index (χ2v) is 7.48. The number of nitro groups is 1. The Morgan fingerprint density at radius 2 is 1.79 bits per heavy atom. The number of nitrogens with zero attached hydrogens (tertiary/aromatic N) is 2. The van der Waals surface area contributed by atoms with Gasteiger partial charge < -0.3 is 9.88 Å². The summed E-state index contributed by atoms with van der Waals surface area (Å²) in [6.45, 7) is 4.65. The molecule has 6 nitrogen and oxygen atoms in total. The van der Waals surface area contributed by atoms with E-state index in [4.69, 9.17) is 0 Å². The van der Waals surface area contributed by atoms with Crippen molar-refractivity contribution >= 4 is 22.5 Å². The number of amides is 1. The fourth-order valence-corrected chi connectivity index (χ4v) is 3.56. The van der Waals surface area contributed by atoms with Crippen LogP contribution in [0.1, 0.15) is 37.3 Å². The average Bonchev–Trinajstić information content (AvgIpc) is 3.01. The van der Waals surface area contributed by atoms with Crippen molar-refractivity contribution in [2.75, 3.05) is 6.54 Å². The number of rotatable bonds is 7. The van der Waals surface area contributed by atoms with Gasteiger partial charge in [0.1, 0.15) is 0 Å². The molecule has 3 rings (SSSR count). The third-order valence-electron chi connectivity index (χ3n) is 4.91. The van der Waals surface area contributed by atoms with Gasteiger partial charge in [-0.05, 0) is 17.5 Å². The van der Waals surface area contributed by atoms with Crippen molar-refractivity contribution in [2.45, 2.75) is 26.2 Å². The number of para-hydroxylation sites is 2. The van der Waals surface area contributed by atoms with Crippen molar-refractivity contribution in [3.8, 4) is 0 Å². The molecule has 0 saturated carbocycles. The predicted octanol–water partition coefficient (Wildman–Crippen LogP) is 4.38. The highest BCUT2D eigenvalue weighted by molar-refractivity contribution is 5.87. The van der Waals surface area contributed by atoms with E-state index >= 15 is 0 Å². The van der Waals surface area contributed by atoms with Crippen molar-refractivity contribution in [2.24, 2.45) is 13.0 Å². The number of benzene rings is 2. The van der Waals surface area contributed by atoms with Gasteiger partial charge in [-0.15, -0.1) is 0 Å². The number of carbonyl (C=O) groups is 1. The standard InChI is InChI=1S/C22H25N3O3/c1-15(2)13-23-22(26)12-18(16-8-5-7-11-21(16)25(27)28)19-14-24(3)20-10-6-4-9-17(19)20/h4-11,14-15,18H,12-13H2,1-3H3,(H,23,26)/t18-/m0/s1. The molecular weight excluding hydrogens is 354 g/mol. The van der Waals surface area contributed by atoms with E-state index in [1.165, 1.54) is 6.07 Å². The van der Waals surface area contributed by atoms with Gasteiger partial charge in [0.2, 0.25) is 5.91 Å².